The van der Waals surface area contributed by atoms with Crippen LogP contribution in [-0.4, -0.2) is 5.88 Å². The first-order chi connectivity index (χ1) is 7.56. The van der Waals surface area contributed by atoms with Crippen LogP contribution in [0.4, 0.5) is 0 Å². The van der Waals surface area contributed by atoms with Gasteiger partial charge < -0.3 is 0 Å². The van der Waals surface area contributed by atoms with Gasteiger partial charge >= 0.3 is 0 Å². The van der Waals surface area contributed by atoms with E-state index < -0.39 is 0 Å². The normalized spacial score (nSPS) is 15.4. The van der Waals surface area contributed by atoms with E-state index in [9.17, 15) is 0 Å². The van der Waals surface area contributed by atoms with Crippen LogP contribution in [0.25, 0.3) is 0 Å². The van der Waals surface area contributed by atoms with Gasteiger partial charge in [-0.2, -0.15) is 0 Å². The van der Waals surface area contributed by atoms with E-state index in [-0.39, 0.29) is 0 Å². The molecule has 0 bridgehead atoms. The molecule has 0 N–H and O–H groups in total. The van der Waals surface area contributed by atoms with Gasteiger partial charge in [-0.1, -0.05) is 66.2 Å². The molecule has 0 radical (unpaired) electrons. The maximum absolute atomic E-state index is 5.74. The van der Waals surface area contributed by atoms with Gasteiger partial charge in [-0.05, 0) is 24.2 Å². The van der Waals surface area contributed by atoms with Crippen LogP contribution < -0.4 is 0 Å². The van der Waals surface area contributed by atoms with Gasteiger partial charge in [0.05, 0.1) is 0 Å². The molecule has 2 atom stereocenters. The van der Waals surface area contributed by atoms with E-state index in [1.807, 2.05) is 0 Å². The Morgan fingerprint density at radius 3 is 1.56 bits per heavy atom. The summed E-state index contributed by atoms with van der Waals surface area (Å²) in [6, 6.07) is 0. The summed E-state index contributed by atoms with van der Waals surface area (Å²) in [7, 11) is 0. The van der Waals surface area contributed by atoms with Gasteiger partial charge in [0.15, 0.2) is 0 Å². The Morgan fingerprint density at radius 1 is 0.688 bits per heavy atom. The lowest BCUT2D eigenvalue weighted by molar-refractivity contribution is 0.397. The summed E-state index contributed by atoms with van der Waals surface area (Å²) in [5, 5.41) is 0. The summed E-state index contributed by atoms with van der Waals surface area (Å²) >= 11 is 5.74. The Bertz CT molecular complexity index is 142. The molecule has 0 aromatic rings. The quantitative estimate of drug-likeness (QED) is 0.422. The van der Waals surface area contributed by atoms with Crippen molar-refractivity contribution in [3.8, 4) is 0 Å². The average Bonchev–Trinajstić information content (AvgIpc) is 2.17. The summed E-state index contributed by atoms with van der Waals surface area (Å²) in [6.45, 7) is 9.37. The standard InChI is InChI=1S/C15H31Cl/c1-13(2)7-5-8-14(3)9-6-10-15(4)11-12-16/h13-15H,5-12H2,1-4H3. The van der Waals surface area contributed by atoms with Crippen LogP contribution in [-0.2, 0) is 0 Å². The van der Waals surface area contributed by atoms with Gasteiger partial charge in [0.1, 0.15) is 0 Å². The molecule has 2 unspecified atom stereocenters. The highest BCUT2D eigenvalue weighted by Crippen LogP contribution is 2.20. The van der Waals surface area contributed by atoms with Crippen molar-refractivity contribution in [2.24, 2.45) is 17.8 Å². The molecule has 98 valence electrons. The fraction of sp³-hybridized carbons (Fsp3) is 1.00. The van der Waals surface area contributed by atoms with E-state index in [1.54, 1.807) is 0 Å². The summed E-state index contributed by atoms with van der Waals surface area (Å²) in [5.74, 6) is 3.43. The highest BCUT2D eigenvalue weighted by atomic mass is 35.5. The number of hydrogen-bond donors (Lipinski definition) is 0. The lowest BCUT2D eigenvalue weighted by atomic mass is 9.93. The van der Waals surface area contributed by atoms with Crippen molar-refractivity contribution in [2.45, 2.75) is 72.6 Å². The molecule has 0 nitrogen and oxygen atoms in total. The second-order valence-corrected chi connectivity index (χ2v) is 6.32. The minimum atomic E-state index is 0.820. The predicted molar refractivity (Wildman–Crippen MR) is 76.2 cm³/mol. The minimum absolute atomic E-state index is 0.820. The molecule has 0 fully saturated rings. The molecule has 0 saturated carbocycles. The van der Waals surface area contributed by atoms with Crippen LogP contribution in [0, 0.1) is 17.8 Å². The van der Waals surface area contributed by atoms with Crippen molar-refractivity contribution in [3.63, 3.8) is 0 Å². The van der Waals surface area contributed by atoms with Crippen molar-refractivity contribution in [3.05, 3.63) is 0 Å². The molecule has 0 saturated heterocycles. The first-order valence-corrected chi connectivity index (χ1v) is 7.65. The maximum Gasteiger partial charge on any atom is 0.0225 e. The highest BCUT2D eigenvalue weighted by molar-refractivity contribution is 6.17. The Kier molecular flexibility index (Phi) is 10.6. The molecule has 16 heavy (non-hydrogen) atoms. The van der Waals surface area contributed by atoms with Gasteiger partial charge in [0, 0.05) is 5.88 Å². The van der Waals surface area contributed by atoms with Crippen LogP contribution in [0.5, 0.6) is 0 Å². The molecule has 1 heteroatoms. The Balaban J connectivity index is 3.32. The van der Waals surface area contributed by atoms with Crippen LogP contribution in [0.3, 0.4) is 0 Å². The third kappa shape index (κ3) is 10.8. The van der Waals surface area contributed by atoms with Crippen molar-refractivity contribution in [2.75, 3.05) is 5.88 Å². The molecule has 0 aliphatic carbocycles. The van der Waals surface area contributed by atoms with E-state index in [0.29, 0.717) is 0 Å². The molecule has 0 aliphatic heterocycles. The van der Waals surface area contributed by atoms with Crippen LogP contribution in [0.15, 0.2) is 0 Å². The molecule has 0 rings (SSSR count). The molecule has 0 amide bonds. The first kappa shape index (κ1) is 16.3. The van der Waals surface area contributed by atoms with Gasteiger partial charge in [-0.3, -0.25) is 0 Å². The molecule has 0 aromatic heterocycles. The second kappa shape index (κ2) is 10.4. The third-order valence-electron chi connectivity index (χ3n) is 3.47. The SMILES string of the molecule is CC(C)CCCC(C)CCCC(C)CCCl. The van der Waals surface area contributed by atoms with Crippen molar-refractivity contribution >= 4 is 11.6 Å². The summed E-state index contributed by atoms with van der Waals surface area (Å²) < 4.78 is 0. The summed E-state index contributed by atoms with van der Waals surface area (Å²) in [4.78, 5) is 0. The molecular formula is C15H31Cl. The zero-order chi connectivity index (χ0) is 12.4. The Morgan fingerprint density at radius 2 is 1.12 bits per heavy atom. The average molecular weight is 247 g/mol. The van der Waals surface area contributed by atoms with Crippen LogP contribution in [0.2, 0.25) is 0 Å². The van der Waals surface area contributed by atoms with Crippen molar-refractivity contribution in [1.82, 2.24) is 0 Å². The topological polar surface area (TPSA) is 0 Å². The van der Waals surface area contributed by atoms with Gasteiger partial charge in [-0.25, -0.2) is 0 Å². The number of rotatable bonds is 10. The second-order valence-electron chi connectivity index (χ2n) is 5.94. The van der Waals surface area contributed by atoms with Crippen molar-refractivity contribution < 1.29 is 0 Å². The highest BCUT2D eigenvalue weighted by Gasteiger charge is 2.05. The number of hydrogen-bond acceptors (Lipinski definition) is 0. The monoisotopic (exact) mass is 246 g/mol. The number of alkyl halides is 1. The maximum atomic E-state index is 5.74. The summed E-state index contributed by atoms with van der Waals surface area (Å²) in [5.41, 5.74) is 0. The number of halogens is 1. The fourth-order valence-corrected chi connectivity index (χ4v) is 2.54. The summed E-state index contributed by atoms with van der Waals surface area (Å²) in [6.07, 6.45) is 9.57. The lowest BCUT2D eigenvalue weighted by Gasteiger charge is -2.14. The zero-order valence-corrected chi connectivity index (χ0v) is 12.5. The van der Waals surface area contributed by atoms with Crippen LogP contribution >= 0.6 is 11.6 Å². The van der Waals surface area contributed by atoms with Gasteiger partial charge in [-0.15, -0.1) is 11.6 Å². The van der Waals surface area contributed by atoms with Gasteiger partial charge in [0.25, 0.3) is 0 Å². The third-order valence-corrected chi connectivity index (χ3v) is 3.69. The minimum Gasteiger partial charge on any atom is -0.127 e. The van der Waals surface area contributed by atoms with Gasteiger partial charge in [0.2, 0.25) is 0 Å². The smallest absolute Gasteiger partial charge is 0.0225 e. The molecule has 0 aliphatic rings. The van der Waals surface area contributed by atoms with E-state index in [2.05, 4.69) is 27.7 Å². The molecule has 0 spiro atoms. The first-order valence-electron chi connectivity index (χ1n) is 7.12. The largest absolute Gasteiger partial charge is 0.127 e. The Labute approximate surface area is 108 Å². The van der Waals surface area contributed by atoms with E-state index >= 15 is 0 Å². The van der Waals surface area contributed by atoms with E-state index in [1.165, 1.54) is 44.9 Å². The van der Waals surface area contributed by atoms with Crippen LogP contribution in [0.1, 0.15) is 72.6 Å². The van der Waals surface area contributed by atoms with Crippen molar-refractivity contribution in [1.29, 1.82) is 0 Å². The predicted octanol–water partition coefficient (Wildman–Crippen LogP) is 5.88. The van der Waals surface area contributed by atoms with E-state index in [4.69, 9.17) is 11.6 Å². The zero-order valence-electron chi connectivity index (χ0n) is 11.8. The lowest BCUT2D eigenvalue weighted by Crippen LogP contribution is -2.00. The molecule has 0 aromatic carbocycles. The molecular weight excluding hydrogens is 216 g/mol. The van der Waals surface area contributed by atoms with E-state index in [0.717, 1.165) is 23.6 Å². The Hall–Kier alpha value is 0.290. The molecule has 0 heterocycles. The fourth-order valence-electron chi connectivity index (χ4n) is 2.16.